The quantitative estimate of drug-likeness (QED) is 0.800. The minimum atomic E-state index is -4.62. The second-order valence-corrected chi connectivity index (χ2v) is 4.77. The van der Waals surface area contributed by atoms with Gasteiger partial charge >= 0.3 is 6.18 Å². The molecule has 122 valence electrons. The molecule has 0 atom stereocenters. The van der Waals surface area contributed by atoms with Crippen LogP contribution in [0.1, 0.15) is 15.9 Å². The van der Waals surface area contributed by atoms with E-state index < -0.39 is 23.2 Å². The predicted molar refractivity (Wildman–Crippen MR) is 78.6 cm³/mol. The van der Waals surface area contributed by atoms with E-state index in [-0.39, 0.29) is 5.69 Å². The zero-order valence-electron chi connectivity index (χ0n) is 12.0. The Bertz CT molecular complexity index is 862. The lowest BCUT2D eigenvalue weighted by Crippen LogP contribution is -2.19. The van der Waals surface area contributed by atoms with Gasteiger partial charge in [-0.05, 0) is 34.7 Å². The monoisotopic (exact) mass is 333 g/mol. The van der Waals surface area contributed by atoms with Gasteiger partial charge in [0.15, 0.2) is 0 Å². The van der Waals surface area contributed by atoms with Gasteiger partial charge in [-0.3, -0.25) is 4.79 Å². The van der Waals surface area contributed by atoms with Crippen molar-refractivity contribution in [2.75, 3.05) is 5.32 Å². The Labute approximate surface area is 133 Å². The fraction of sp³-hybridized carbons (Fsp3) is 0.0667. The Kier molecular flexibility index (Phi) is 3.98. The average molecular weight is 333 g/mol. The van der Waals surface area contributed by atoms with Gasteiger partial charge in [0.25, 0.3) is 5.91 Å². The Morgan fingerprint density at radius 3 is 2.46 bits per heavy atom. The smallest absolute Gasteiger partial charge is 0.320 e. The number of rotatable bonds is 3. The van der Waals surface area contributed by atoms with E-state index in [0.29, 0.717) is 5.69 Å². The predicted octanol–water partition coefficient (Wildman–Crippen LogP) is 2.93. The van der Waals surface area contributed by atoms with Crippen LogP contribution in [0.15, 0.2) is 54.9 Å². The van der Waals surface area contributed by atoms with Crippen LogP contribution in [0.2, 0.25) is 0 Å². The van der Waals surface area contributed by atoms with Crippen molar-refractivity contribution in [3.05, 3.63) is 66.0 Å². The molecule has 1 N–H and O–H groups in total. The molecule has 0 aliphatic heterocycles. The van der Waals surface area contributed by atoms with E-state index in [4.69, 9.17) is 0 Å². The fourth-order valence-corrected chi connectivity index (χ4v) is 2.17. The molecule has 3 aromatic rings. The minimum Gasteiger partial charge on any atom is -0.320 e. The van der Waals surface area contributed by atoms with Crippen LogP contribution in [0.4, 0.5) is 18.9 Å². The summed E-state index contributed by atoms with van der Waals surface area (Å²) < 4.78 is 40.4. The number of hydrogen-bond donors (Lipinski definition) is 1. The first kappa shape index (κ1) is 15.7. The first-order valence-corrected chi connectivity index (χ1v) is 6.77. The Morgan fingerprint density at radius 2 is 1.75 bits per heavy atom. The molecular formula is C15H10F3N5O. The summed E-state index contributed by atoms with van der Waals surface area (Å²) in [6.07, 6.45) is -3.31. The third-order valence-corrected chi connectivity index (χ3v) is 3.23. The Balaban J connectivity index is 1.95. The van der Waals surface area contributed by atoms with Crippen LogP contribution >= 0.6 is 0 Å². The molecule has 1 aromatic heterocycles. The molecule has 1 heterocycles. The second-order valence-electron chi connectivity index (χ2n) is 4.77. The highest BCUT2D eigenvalue weighted by Gasteiger charge is 2.34. The highest BCUT2D eigenvalue weighted by atomic mass is 19.4. The van der Waals surface area contributed by atoms with Crippen LogP contribution in [0.25, 0.3) is 5.69 Å². The third kappa shape index (κ3) is 3.09. The summed E-state index contributed by atoms with van der Waals surface area (Å²) in [5.74, 6) is -0.872. The number of anilines is 1. The van der Waals surface area contributed by atoms with Crippen molar-refractivity contribution in [2.24, 2.45) is 0 Å². The molecule has 0 spiro atoms. The van der Waals surface area contributed by atoms with Crippen molar-refractivity contribution in [1.82, 2.24) is 20.2 Å². The topological polar surface area (TPSA) is 72.7 Å². The van der Waals surface area contributed by atoms with Gasteiger partial charge < -0.3 is 5.32 Å². The molecule has 1 amide bonds. The third-order valence-electron chi connectivity index (χ3n) is 3.23. The molecule has 9 heteroatoms. The number of alkyl halides is 3. The maximum atomic E-state index is 13.0. The maximum absolute atomic E-state index is 13.0. The Morgan fingerprint density at radius 1 is 1.04 bits per heavy atom. The van der Waals surface area contributed by atoms with E-state index >= 15 is 0 Å². The van der Waals surface area contributed by atoms with Gasteiger partial charge in [-0.1, -0.05) is 24.3 Å². The number of amides is 1. The second kappa shape index (κ2) is 6.11. The molecular weight excluding hydrogens is 323 g/mol. The normalized spacial score (nSPS) is 11.3. The van der Waals surface area contributed by atoms with Crippen LogP contribution in [0.3, 0.4) is 0 Å². The van der Waals surface area contributed by atoms with E-state index in [2.05, 4.69) is 20.8 Å². The minimum absolute atomic E-state index is 0.284. The number of benzene rings is 2. The van der Waals surface area contributed by atoms with Gasteiger partial charge in [0.1, 0.15) is 6.33 Å². The summed E-state index contributed by atoms with van der Waals surface area (Å²) in [6.45, 7) is 0. The van der Waals surface area contributed by atoms with Crippen LogP contribution in [0.5, 0.6) is 0 Å². The standard InChI is InChI=1S/C15H10F3N5O/c16-15(17,18)11-6-2-1-5-10(11)14(24)20-12-7-3-4-8-13(12)23-9-19-21-22-23/h1-9H,(H,20,24). The number of nitrogens with zero attached hydrogens (tertiary/aromatic N) is 4. The zero-order chi connectivity index (χ0) is 17.2. The van der Waals surface area contributed by atoms with E-state index in [1.807, 2.05) is 0 Å². The van der Waals surface area contributed by atoms with Crippen molar-refractivity contribution in [1.29, 1.82) is 0 Å². The van der Waals surface area contributed by atoms with Crippen molar-refractivity contribution in [2.45, 2.75) is 6.18 Å². The Hall–Kier alpha value is -3.23. The van der Waals surface area contributed by atoms with E-state index in [1.165, 1.54) is 23.1 Å². The lowest BCUT2D eigenvalue weighted by molar-refractivity contribution is -0.137. The number of carbonyl (C=O) groups excluding carboxylic acids is 1. The molecule has 0 aliphatic rings. The molecule has 0 fully saturated rings. The van der Waals surface area contributed by atoms with E-state index in [0.717, 1.165) is 12.1 Å². The summed E-state index contributed by atoms with van der Waals surface area (Å²) in [4.78, 5) is 12.3. The molecule has 3 rings (SSSR count). The lowest BCUT2D eigenvalue weighted by atomic mass is 10.1. The number of carbonyl (C=O) groups is 1. The highest BCUT2D eigenvalue weighted by molar-refractivity contribution is 6.06. The highest BCUT2D eigenvalue weighted by Crippen LogP contribution is 2.32. The zero-order valence-corrected chi connectivity index (χ0v) is 12.0. The SMILES string of the molecule is O=C(Nc1ccccc1-n1cnnn1)c1ccccc1C(F)(F)F. The van der Waals surface area contributed by atoms with Crippen LogP contribution < -0.4 is 5.32 Å². The van der Waals surface area contributed by atoms with Gasteiger partial charge in [-0.2, -0.15) is 17.9 Å². The fourth-order valence-electron chi connectivity index (χ4n) is 2.17. The van der Waals surface area contributed by atoms with Gasteiger partial charge in [0.2, 0.25) is 0 Å². The molecule has 0 saturated heterocycles. The summed E-state index contributed by atoms with van der Waals surface area (Å²) in [6, 6.07) is 11.1. The van der Waals surface area contributed by atoms with Crippen LogP contribution in [-0.2, 0) is 6.18 Å². The number of nitrogens with one attached hydrogen (secondary N) is 1. The van der Waals surface area contributed by atoms with Crippen molar-refractivity contribution in [3.8, 4) is 5.69 Å². The first-order chi connectivity index (χ1) is 11.5. The lowest BCUT2D eigenvalue weighted by Gasteiger charge is -2.14. The molecule has 2 aromatic carbocycles. The number of tetrazole rings is 1. The molecule has 24 heavy (non-hydrogen) atoms. The van der Waals surface area contributed by atoms with Crippen molar-refractivity contribution < 1.29 is 18.0 Å². The molecule has 0 unspecified atom stereocenters. The molecule has 0 radical (unpaired) electrons. The largest absolute Gasteiger partial charge is 0.417 e. The number of halogens is 3. The summed E-state index contributed by atoms with van der Waals surface area (Å²) in [5, 5.41) is 13.2. The van der Waals surface area contributed by atoms with Crippen LogP contribution in [0, 0.1) is 0 Å². The van der Waals surface area contributed by atoms with Crippen molar-refractivity contribution in [3.63, 3.8) is 0 Å². The first-order valence-electron chi connectivity index (χ1n) is 6.77. The number of hydrogen-bond acceptors (Lipinski definition) is 4. The molecule has 0 saturated carbocycles. The van der Waals surface area contributed by atoms with Gasteiger partial charge in [0, 0.05) is 0 Å². The average Bonchev–Trinajstić information content (AvgIpc) is 3.09. The number of aromatic nitrogens is 4. The summed E-state index contributed by atoms with van der Waals surface area (Å²) in [7, 11) is 0. The van der Waals surface area contributed by atoms with E-state index in [1.54, 1.807) is 24.3 Å². The van der Waals surface area contributed by atoms with Gasteiger partial charge in [0.05, 0.1) is 22.5 Å². The summed E-state index contributed by atoms with van der Waals surface area (Å²) >= 11 is 0. The number of para-hydroxylation sites is 2. The van der Waals surface area contributed by atoms with Gasteiger partial charge in [-0.25, -0.2) is 0 Å². The summed E-state index contributed by atoms with van der Waals surface area (Å²) in [5.41, 5.74) is -0.744. The molecule has 0 bridgehead atoms. The maximum Gasteiger partial charge on any atom is 0.417 e. The van der Waals surface area contributed by atoms with E-state index in [9.17, 15) is 18.0 Å². The van der Waals surface area contributed by atoms with Gasteiger partial charge in [-0.15, -0.1) is 5.10 Å². The van der Waals surface area contributed by atoms with Crippen LogP contribution in [-0.4, -0.2) is 26.1 Å². The molecule has 6 nitrogen and oxygen atoms in total. The van der Waals surface area contributed by atoms with Crippen molar-refractivity contribution >= 4 is 11.6 Å². The molecule has 0 aliphatic carbocycles.